The lowest BCUT2D eigenvalue weighted by atomic mass is 9.86. The standard InChI is InChI=1S/C60H47N5S/c1-41-34-42-36-45(35-41)63(40-42)44-32-33-57-53(38-44)52-28-13-16-31-56(52)65(57)59-39-58(64-54-29-14-11-26-50(54)51-27-12-15-30-55(51)64)61-60(62-59)43-18-17-25-49(37-43)66(46-19-5-2-6-20-46,47-21-7-3-8-22-47)48-23-9-4-10-24-48/h2-33,37-41,45H,34-36H2,1H3. The Labute approximate surface area is 386 Å². The molecule has 1 aliphatic carbocycles. The molecule has 0 N–H and O–H groups in total. The Morgan fingerprint density at radius 1 is 0.439 bits per heavy atom. The van der Waals surface area contributed by atoms with E-state index in [0.29, 0.717) is 11.9 Å². The van der Waals surface area contributed by atoms with Gasteiger partial charge in [-0.05, 0) is 110 Å². The summed E-state index contributed by atoms with van der Waals surface area (Å²) in [7, 11) is -1.96. The molecule has 11 aromatic rings. The van der Waals surface area contributed by atoms with E-state index in [2.05, 4.69) is 239 Å². The van der Waals surface area contributed by atoms with Gasteiger partial charge in [0.1, 0.15) is 11.6 Å². The molecule has 1 aliphatic heterocycles. The maximum Gasteiger partial charge on any atom is 0.163 e. The van der Waals surface area contributed by atoms with E-state index in [1.165, 1.54) is 66.1 Å². The van der Waals surface area contributed by atoms with E-state index in [1.54, 1.807) is 5.57 Å². The molecule has 2 bridgehead atoms. The van der Waals surface area contributed by atoms with Gasteiger partial charge in [0.25, 0.3) is 0 Å². The van der Waals surface area contributed by atoms with E-state index in [4.69, 9.17) is 9.97 Å². The normalized spacial score (nSPS) is 16.4. The van der Waals surface area contributed by atoms with Gasteiger partial charge in [-0.2, -0.15) is 0 Å². The van der Waals surface area contributed by atoms with Gasteiger partial charge >= 0.3 is 0 Å². The van der Waals surface area contributed by atoms with Crippen LogP contribution in [0.25, 0.3) is 66.6 Å². The van der Waals surface area contributed by atoms with Gasteiger partial charge in [-0.15, -0.1) is 10.0 Å². The third-order valence-electron chi connectivity index (χ3n) is 13.9. The molecule has 0 saturated heterocycles. The number of benzene rings is 8. The van der Waals surface area contributed by atoms with Crippen LogP contribution in [-0.4, -0.2) is 25.1 Å². The Morgan fingerprint density at radius 2 is 0.924 bits per heavy atom. The van der Waals surface area contributed by atoms with Crippen molar-refractivity contribution in [1.29, 1.82) is 0 Å². The second kappa shape index (κ2) is 15.5. The Bertz CT molecular complexity index is 3520. The van der Waals surface area contributed by atoms with Gasteiger partial charge in [0, 0.05) is 70.7 Å². The minimum absolute atomic E-state index is 0.523. The van der Waals surface area contributed by atoms with Gasteiger partial charge < -0.3 is 4.90 Å². The topological polar surface area (TPSA) is 38.9 Å². The van der Waals surface area contributed by atoms with Gasteiger partial charge in [-0.25, -0.2) is 9.97 Å². The number of para-hydroxylation sites is 3. The molecule has 0 amide bonds. The lowest BCUT2D eigenvalue weighted by Crippen LogP contribution is -2.29. The van der Waals surface area contributed by atoms with Crippen LogP contribution >= 0.6 is 10.0 Å². The Kier molecular flexibility index (Phi) is 9.10. The first kappa shape index (κ1) is 38.8. The molecule has 0 spiro atoms. The fourth-order valence-electron chi connectivity index (χ4n) is 11.2. The predicted molar refractivity (Wildman–Crippen MR) is 273 cm³/mol. The van der Waals surface area contributed by atoms with Gasteiger partial charge in [-0.1, -0.05) is 134 Å². The average Bonchev–Trinajstić information content (AvgIpc) is 4.01. The van der Waals surface area contributed by atoms with Gasteiger partial charge in [0.15, 0.2) is 5.82 Å². The summed E-state index contributed by atoms with van der Waals surface area (Å²) in [6.07, 6.45) is 6.03. The molecular formula is C60H47N5S. The molecule has 1 fully saturated rings. The second-order valence-corrected chi connectivity index (χ2v) is 21.1. The molecule has 8 aromatic carbocycles. The van der Waals surface area contributed by atoms with Crippen molar-refractivity contribution in [3.8, 4) is 23.0 Å². The van der Waals surface area contributed by atoms with Crippen molar-refractivity contribution in [1.82, 2.24) is 19.1 Å². The molecule has 2 atom stereocenters. The minimum atomic E-state index is -1.96. The largest absolute Gasteiger partial charge is 0.345 e. The first-order chi connectivity index (χ1) is 32.6. The number of hydrogen-bond acceptors (Lipinski definition) is 3. The average molecular weight is 870 g/mol. The summed E-state index contributed by atoms with van der Waals surface area (Å²) in [5.41, 5.74) is 8.24. The number of hydrogen-bond donors (Lipinski definition) is 0. The summed E-state index contributed by atoms with van der Waals surface area (Å²) in [6.45, 7) is 2.40. The van der Waals surface area contributed by atoms with Crippen molar-refractivity contribution in [2.45, 2.75) is 51.8 Å². The van der Waals surface area contributed by atoms with Crippen LogP contribution in [0.2, 0.25) is 0 Å². The molecular weight excluding hydrogens is 823 g/mol. The molecule has 4 heterocycles. The number of aromatic nitrogens is 4. The Hall–Kier alpha value is -7.67. The zero-order valence-electron chi connectivity index (χ0n) is 36.7. The van der Waals surface area contributed by atoms with E-state index in [0.717, 1.165) is 45.2 Å². The number of anilines is 1. The lowest BCUT2D eigenvalue weighted by molar-refractivity contribution is 0.423. The smallest absolute Gasteiger partial charge is 0.163 e. The van der Waals surface area contributed by atoms with Crippen LogP contribution in [0.3, 0.4) is 0 Å². The van der Waals surface area contributed by atoms with Crippen molar-refractivity contribution in [2.75, 3.05) is 4.90 Å². The zero-order chi connectivity index (χ0) is 43.8. The van der Waals surface area contributed by atoms with Gasteiger partial charge in [-0.3, -0.25) is 9.13 Å². The van der Waals surface area contributed by atoms with Gasteiger partial charge in [0.2, 0.25) is 0 Å². The van der Waals surface area contributed by atoms with Crippen LogP contribution in [0, 0.1) is 5.92 Å². The summed E-state index contributed by atoms with van der Waals surface area (Å²) >= 11 is 0. The molecule has 2 aliphatic rings. The van der Waals surface area contributed by atoms with Crippen LogP contribution in [0.4, 0.5) is 5.69 Å². The molecule has 2 unspecified atom stereocenters. The molecule has 3 aromatic heterocycles. The quantitative estimate of drug-likeness (QED) is 0.153. The molecule has 1 saturated carbocycles. The summed E-state index contributed by atoms with van der Waals surface area (Å²) in [6, 6.07) is 78.0. The molecule has 318 valence electrons. The highest BCUT2D eigenvalue weighted by Gasteiger charge is 2.35. The highest BCUT2D eigenvalue weighted by molar-refractivity contribution is 8.34. The Balaban J connectivity index is 1.07. The molecule has 5 nitrogen and oxygen atoms in total. The van der Waals surface area contributed by atoms with E-state index in [1.807, 2.05) is 0 Å². The van der Waals surface area contributed by atoms with Gasteiger partial charge in [0.05, 0.1) is 22.1 Å². The van der Waals surface area contributed by atoms with E-state index in [-0.39, 0.29) is 0 Å². The summed E-state index contributed by atoms with van der Waals surface area (Å²) < 4.78 is 4.68. The highest BCUT2D eigenvalue weighted by Crippen LogP contribution is 2.73. The highest BCUT2D eigenvalue weighted by atomic mass is 32.3. The first-order valence-electron chi connectivity index (χ1n) is 23.1. The van der Waals surface area contributed by atoms with E-state index in [9.17, 15) is 0 Å². The third kappa shape index (κ3) is 6.09. The Morgan fingerprint density at radius 3 is 1.48 bits per heavy atom. The molecule has 66 heavy (non-hydrogen) atoms. The van der Waals surface area contributed by atoms with Crippen molar-refractivity contribution < 1.29 is 0 Å². The van der Waals surface area contributed by atoms with Crippen molar-refractivity contribution in [2.24, 2.45) is 5.92 Å². The van der Waals surface area contributed by atoms with E-state index < -0.39 is 10.0 Å². The van der Waals surface area contributed by atoms with Crippen LogP contribution in [0.15, 0.2) is 244 Å². The number of rotatable bonds is 8. The van der Waals surface area contributed by atoms with Crippen LogP contribution in [0.1, 0.15) is 26.2 Å². The van der Waals surface area contributed by atoms with Crippen LogP contribution in [0.5, 0.6) is 0 Å². The van der Waals surface area contributed by atoms with Crippen LogP contribution < -0.4 is 4.90 Å². The minimum Gasteiger partial charge on any atom is -0.345 e. The fourth-order valence-corrected chi connectivity index (χ4v) is 15.1. The zero-order valence-corrected chi connectivity index (χ0v) is 37.5. The van der Waals surface area contributed by atoms with Crippen molar-refractivity contribution in [3.05, 3.63) is 224 Å². The SMILES string of the molecule is CC1CC2=CN(c3ccc4c(c3)c3ccccc3n4-c3cc(-n4c5ccccc5c5ccccc54)nc(-c4cccc(S(c5ccccc5)(c5ccccc5)c5ccccc5)c4)n3)C(C2)C1. The number of fused-ring (bicyclic) bond motifs is 8. The van der Waals surface area contributed by atoms with Crippen molar-refractivity contribution in [3.63, 3.8) is 0 Å². The third-order valence-corrected chi connectivity index (χ3v) is 17.8. The molecule has 0 radical (unpaired) electrons. The first-order valence-corrected chi connectivity index (χ1v) is 24.7. The summed E-state index contributed by atoms with van der Waals surface area (Å²) in [5.74, 6) is 3.02. The summed E-state index contributed by atoms with van der Waals surface area (Å²) in [5, 5.41) is 4.82. The lowest BCUT2D eigenvalue weighted by Gasteiger charge is -2.42. The molecule has 6 heteroatoms. The second-order valence-electron chi connectivity index (χ2n) is 18.0. The monoisotopic (exact) mass is 869 g/mol. The maximum atomic E-state index is 5.64. The molecule has 13 rings (SSSR count). The predicted octanol–water partition coefficient (Wildman–Crippen LogP) is 15.6. The number of nitrogens with zero attached hydrogens (tertiary/aromatic N) is 5. The van der Waals surface area contributed by atoms with Crippen LogP contribution in [-0.2, 0) is 0 Å². The fraction of sp³-hybridized carbons (Fsp3) is 0.100. The summed E-state index contributed by atoms with van der Waals surface area (Å²) in [4.78, 5) is 18.8. The maximum absolute atomic E-state index is 5.64. The van der Waals surface area contributed by atoms with Crippen molar-refractivity contribution >= 4 is 59.3 Å². The van der Waals surface area contributed by atoms with E-state index >= 15 is 0 Å².